The first kappa shape index (κ1) is 23.1. The topological polar surface area (TPSA) is 57.7 Å². The second-order valence-electron chi connectivity index (χ2n) is 7.41. The lowest BCUT2D eigenvalue weighted by Gasteiger charge is -2.34. The highest BCUT2D eigenvalue weighted by Crippen LogP contribution is 2.34. The van der Waals surface area contributed by atoms with E-state index in [-0.39, 0.29) is 39.9 Å². The molecule has 0 spiro atoms. The van der Waals surface area contributed by atoms with E-state index in [0.717, 1.165) is 18.5 Å². The van der Waals surface area contributed by atoms with Gasteiger partial charge in [-0.2, -0.15) is 4.31 Å². The molecule has 0 aromatic heterocycles. The summed E-state index contributed by atoms with van der Waals surface area (Å²) in [5.74, 6) is -0.155. The number of benzene rings is 2. The average Bonchev–Trinajstić information content (AvgIpc) is 2.74. The molecular weight excluding hydrogens is 443 g/mol. The number of hydrogen-bond donors (Lipinski definition) is 0. The van der Waals surface area contributed by atoms with E-state index in [4.69, 9.17) is 23.2 Å². The maximum Gasteiger partial charge on any atom is 0.246 e. The molecule has 1 aliphatic rings. The third-order valence-corrected chi connectivity index (χ3v) is 8.24. The molecule has 2 aromatic rings. The van der Waals surface area contributed by atoms with E-state index in [2.05, 4.69) is 6.92 Å². The third-order valence-electron chi connectivity index (χ3n) is 5.39. The molecule has 1 heterocycles. The molecule has 3 rings (SSSR count). The summed E-state index contributed by atoms with van der Waals surface area (Å²) in [5, 5.41) is 0.214. The van der Waals surface area contributed by atoms with E-state index < -0.39 is 10.0 Å². The van der Waals surface area contributed by atoms with E-state index in [1.807, 2.05) is 35.2 Å². The summed E-state index contributed by atoms with van der Waals surface area (Å²) in [6.07, 6.45) is 2.84. The van der Waals surface area contributed by atoms with Crippen LogP contribution in [0.5, 0.6) is 0 Å². The van der Waals surface area contributed by atoms with E-state index >= 15 is 0 Å². The zero-order valence-electron chi connectivity index (χ0n) is 16.9. The highest BCUT2D eigenvalue weighted by Gasteiger charge is 2.35. The minimum absolute atomic E-state index is 0.0578. The van der Waals surface area contributed by atoms with Crippen molar-refractivity contribution < 1.29 is 13.2 Å². The maximum absolute atomic E-state index is 13.3. The Morgan fingerprint density at radius 1 is 1.03 bits per heavy atom. The van der Waals surface area contributed by atoms with Gasteiger partial charge in [-0.05, 0) is 43.5 Å². The number of carbonyl (C=O) groups excluding carboxylic acids is 1. The predicted octanol–water partition coefficient (Wildman–Crippen LogP) is 5.23. The van der Waals surface area contributed by atoms with Crippen molar-refractivity contribution in [3.05, 3.63) is 58.6 Å². The van der Waals surface area contributed by atoms with Crippen molar-refractivity contribution >= 4 is 44.8 Å². The fourth-order valence-electron chi connectivity index (χ4n) is 3.71. The van der Waals surface area contributed by atoms with Gasteiger partial charge >= 0.3 is 0 Å². The summed E-state index contributed by atoms with van der Waals surface area (Å²) < 4.78 is 27.5. The highest BCUT2D eigenvalue weighted by atomic mass is 35.5. The third kappa shape index (κ3) is 4.99. The molecule has 8 heteroatoms. The SMILES string of the molecule is CCCCN(C(=O)C1CCN(S(=O)(=O)c2c(Cl)cccc2Cl)CC1)c1ccccc1. The first-order valence-electron chi connectivity index (χ1n) is 10.2. The molecule has 1 saturated heterocycles. The van der Waals surface area contributed by atoms with Crippen LogP contribution in [0.4, 0.5) is 5.69 Å². The molecule has 162 valence electrons. The van der Waals surface area contributed by atoms with Gasteiger partial charge in [-0.3, -0.25) is 4.79 Å². The lowest BCUT2D eigenvalue weighted by molar-refractivity contribution is -0.123. The molecule has 0 bridgehead atoms. The van der Waals surface area contributed by atoms with Crippen LogP contribution >= 0.6 is 23.2 Å². The minimum atomic E-state index is -3.81. The molecule has 0 saturated carbocycles. The van der Waals surface area contributed by atoms with Gasteiger partial charge in [-0.1, -0.05) is 60.8 Å². The van der Waals surface area contributed by atoms with Crippen molar-refractivity contribution in [2.45, 2.75) is 37.5 Å². The number of halogens is 2. The van der Waals surface area contributed by atoms with Gasteiger partial charge in [0.1, 0.15) is 4.90 Å². The van der Waals surface area contributed by atoms with Crippen molar-refractivity contribution in [2.75, 3.05) is 24.5 Å². The monoisotopic (exact) mass is 468 g/mol. The highest BCUT2D eigenvalue weighted by molar-refractivity contribution is 7.89. The van der Waals surface area contributed by atoms with Crippen LogP contribution in [-0.2, 0) is 14.8 Å². The number of hydrogen-bond acceptors (Lipinski definition) is 3. The molecule has 1 amide bonds. The van der Waals surface area contributed by atoms with E-state index in [0.29, 0.717) is 19.4 Å². The minimum Gasteiger partial charge on any atom is -0.312 e. The van der Waals surface area contributed by atoms with Gasteiger partial charge in [0.15, 0.2) is 0 Å². The maximum atomic E-state index is 13.3. The first-order chi connectivity index (χ1) is 14.4. The van der Waals surface area contributed by atoms with Crippen LogP contribution in [0.3, 0.4) is 0 Å². The number of anilines is 1. The summed E-state index contributed by atoms with van der Waals surface area (Å²) in [5.41, 5.74) is 0.883. The Labute approximate surface area is 188 Å². The predicted molar refractivity (Wildman–Crippen MR) is 122 cm³/mol. The van der Waals surface area contributed by atoms with E-state index in [1.165, 1.54) is 16.4 Å². The Bertz CT molecular complexity index is 955. The summed E-state index contributed by atoms with van der Waals surface area (Å²) in [7, 11) is -3.81. The van der Waals surface area contributed by atoms with Crippen LogP contribution in [0.1, 0.15) is 32.6 Å². The molecule has 30 heavy (non-hydrogen) atoms. The van der Waals surface area contributed by atoms with Crippen molar-refractivity contribution in [1.29, 1.82) is 0 Å². The fraction of sp³-hybridized carbons (Fsp3) is 0.409. The van der Waals surface area contributed by atoms with Gasteiger partial charge < -0.3 is 4.90 Å². The summed E-state index contributed by atoms with van der Waals surface area (Å²) in [6.45, 7) is 3.28. The molecule has 0 unspecified atom stereocenters. The number of rotatable bonds is 7. The van der Waals surface area contributed by atoms with Gasteiger partial charge in [0.05, 0.1) is 10.0 Å². The molecule has 2 aromatic carbocycles. The molecule has 0 atom stereocenters. The van der Waals surface area contributed by atoms with Gasteiger partial charge in [0.2, 0.25) is 15.9 Å². The number of nitrogens with zero attached hydrogens (tertiary/aromatic N) is 2. The summed E-state index contributed by atoms with van der Waals surface area (Å²) in [6, 6.07) is 14.3. The molecule has 1 aliphatic heterocycles. The summed E-state index contributed by atoms with van der Waals surface area (Å²) >= 11 is 12.2. The number of carbonyl (C=O) groups is 1. The van der Waals surface area contributed by atoms with Gasteiger partial charge in [0, 0.05) is 31.2 Å². The Hall–Kier alpha value is -1.60. The molecule has 1 fully saturated rings. The second kappa shape index (κ2) is 10.1. The Balaban J connectivity index is 1.73. The van der Waals surface area contributed by atoms with Crippen LogP contribution in [-0.4, -0.2) is 38.3 Å². The lowest BCUT2D eigenvalue weighted by Crippen LogP contribution is -2.44. The van der Waals surface area contributed by atoms with Crippen LogP contribution in [0.15, 0.2) is 53.4 Å². The zero-order valence-corrected chi connectivity index (χ0v) is 19.3. The van der Waals surface area contributed by atoms with Crippen LogP contribution in [0, 0.1) is 5.92 Å². The standard InChI is InChI=1S/C22H26Cl2N2O3S/c1-2-3-14-26(18-8-5-4-6-9-18)22(27)17-12-15-25(16-13-17)30(28,29)21-19(23)10-7-11-20(21)24/h4-11,17H,2-3,12-16H2,1H3. The Morgan fingerprint density at radius 3 is 2.20 bits per heavy atom. The van der Waals surface area contributed by atoms with Crippen molar-refractivity contribution in [2.24, 2.45) is 5.92 Å². The lowest BCUT2D eigenvalue weighted by atomic mass is 9.96. The van der Waals surface area contributed by atoms with Gasteiger partial charge in [-0.25, -0.2) is 8.42 Å². The van der Waals surface area contributed by atoms with E-state index in [9.17, 15) is 13.2 Å². The molecule has 5 nitrogen and oxygen atoms in total. The molecule has 0 radical (unpaired) electrons. The van der Waals surface area contributed by atoms with Crippen molar-refractivity contribution in [3.63, 3.8) is 0 Å². The molecular formula is C22H26Cl2N2O3S. The zero-order chi connectivity index (χ0) is 21.7. The summed E-state index contributed by atoms with van der Waals surface area (Å²) in [4.78, 5) is 15.0. The number of amides is 1. The Kier molecular flexibility index (Phi) is 7.80. The normalized spacial score (nSPS) is 15.8. The Morgan fingerprint density at radius 2 is 1.63 bits per heavy atom. The second-order valence-corrected chi connectivity index (χ2v) is 10.1. The number of para-hydroxylation sites is 1. The number of sulfonamides is 1. The fourth-order valence-corrected chi connectivity index (χ4v) is 6.27. The van der Waals surface area contributed by atoms with Crippen LogP contribution in [0.25, 0.3) is 0 Å². The van der Waals surface area contributed by atoms with Crippen molar-refractivity contribution in [3.8, 4) is 0 Å². The van der Waals surface area contributed by atoms with Crippen LogP contribution < -0.4 is 4.90 Å². The smallest absolute Gasteiger partial charge is 0.246 e. The number of piperidine rings is 1. The van der Waals surface area contributed by atoms with Gasteiger partial charge in [0.25, 0.3) is 0 Å². The van der Waals surface area contributed by atoms with Crippen molar-refractivity contribution in [1.82, 2.24) is 4.31 Å². The number of unbranched alkanes of at least 4 members (excludes halogenated alkanes) is 1. The quantitative estimate of drug-likeness (QED) is 0.558. The van der Waals surface area contributed by atoms with Gasteiger partial charge in [-0.15, -0.1) is 0 Å². The average molecular weight is 469 g/mol. The van der Waals surface area contributed by atoms with E-state index in [1.54, 1.807) is 6.07 Å². The molecule has 0 N–H and O–H groups in total. The molecule has 0 aliphatic carbocycles. The largest absolute Gasteiger partial charge is 0.312 e. The van der Waals surface area contributed by atoms with Crippen LogP contribution in [0.2, 0.25) is 10.0 Å². The first-order valence-corrected chi connectivity index (χ1v) is 12.4.